The standard InChI is InChI=1S/C13H8BrF2NO/c14-12-8(4-3-6-10(12)16)13(18)17-11-7-2-1-5-9(11)15/h1-7H,(H,17,18). The van der Waals surface area contributed by atoms with Gasteiger partial charge in [0.05, 0.1) is 15.7 Å². The van der Waals surface area contributed by atoms with Crippen molar-refractivity contribution in [3.8, 4) is 0 Å². The summed E-state index contributed by atoms with van der Waals surface area (Å²) in [5.74, 6) is -1.67. The van der Waals surface area contributed by atoms with E-state index in [0.717, 1.165) is 0 Å². The molecule has 2 aromatic rings. The lowest BCUT2D eigenvalue weighted by Crippen LogP contribution is -2.14. The Bertz CT molecular complexity index is 601. The normalized spacial score (nSPS) is 10.2. The molecule has 92 valence electrons. The highest BCUT2D eigenvalue weighted by Crippen LogP contribution is 2.22. The van der Waals surface area contributed by atoms with Crippen molar-refractivity contribution in [1.29, 1.82) is 0 Å². The van der Waals surface area contributed by atoms with E-state index in [-0.39, 0.29) is 15.7 Å². The lowest BCUT2D eigenvalue weighted by molar-refractivity contribution is 0.102. The fourth-order valence-corrected chi connectivity index (χ4v) is 1.88. The smallest absolute Gasteiger partial charge is 0.256 e. The summed E-state index contributed by atoms with van der Waals surface area (Å²) in [4.78, 5) is 11.9. The van der Waals surface area contributed by atoms with Crippen LogP contribution in [0, 0.1) is 11.6 Å². The average Bonchev–Trinajstić information content (AvgIpc) is 2.35. The molecule has 0 saturated heterocycles. The van der Waals surface area contributed by atoms with Gasteiger partial charge in [0.2, 0.25) is 0 Å². The van der Waals surface area contributed by atoms with Crippen LogP contribution in [-0.4, -0.2) is 5.91 Å². The third-order valence-corrected chi connectivity index (χ3v) is 3.12. The van der Waals surface area contributed by atoms with Crippen molar-refractivity contribution >= 4 is 27.5 Å². The Kier molecular flexibility index (Phi) is 3.72. The molecule has 0 aliphatic heterocycles. The summed E-state index contributed by atoms with van der Waals surface area (Å²) < 4.78 is 26.7. The summed E-state index contributed by atoms with van der Waals surface area (Å²) in [5, 5.41) is 2.38. The second-order valence-corrected chi connectivity index (χ2v) is 4.33. The van der Waals surface area contributed by atoms with Gasteiger partial charge in [-0.25, -0.2) is 8.78 Å². The molecular weight excluding hydrogens is 304 g/mol. The molecule has 0 atom stereocenters. The number of nitrogens with one attached hydrogen (secondary N) is 1. The van der Waals surface area contributed by atoms with Crippen LogP contribution in [0.15, 0.2) is 46.9 Å². The number of para-hydroxylation sites is 1. The first kappa shape index (κ1) is 12.7. The Morgan fingerprint density at radius 1 is 1.00 bits per heavy atom. The second-order valence-electron chi connectivity index (χ2n) is 3.54. The molecule has 0 unspecified atom stereocenters. The molecule has 0 aliphatic rings. The van der Waals surface area contributed by atoms with Crippen LogP contribution in [0.2, 0.25) is 0 Å². The molecule has 18 heavy (non-hydrogen) atoms. The van der Waals surface area contributed by atoms with Crippen molar-refractivity contribution in [3.63, 3.8) is 0 Å². The van der Waals surface area contributed by atoms with Gasteiger partial charge < -0.3 is 5.32 Å². The molecule has 0 fully saturated rings. The van der Waals surface area contributed by atoms with E-state index in [1.54, 1.807) is 6.07 Å². The van der Waals surface area contributed by atoms with Crippen molar-refractivity contribution in [2.45, 2.75) is 0 Å². The van der Waals surface area contributed by atoms with Crippen molar-refractivity contribution < 1.29 is 13.6 Å². The monoisotopic (exact) mass is 311 g/mol. The van der Waals surface area contributed by atoms with Crippen LogP contribution in [0.25, 0.3) is 0 Å². The Labute approximate surface area is 111 Å². The summed E-state index contributed by atoms with van der Waals surface area (Å²) in [6, 6.07) is 9.86. The SMILES string of the molecule is O=C(Nc1ccccc1F)c1cccc(F)c1Br. The number of hydrogen-bond acceptors (Lipinski definition) is 1. The molecule has 0 bridgehead atoms. The molecule has 2 aromatic carbocycles. The zero-order valence-corrected chi connectivity index (χ0v) is 10.7. The maximum Gasteiger partial charge on any atom is 0.256 e. The van der Waals surface area contributed by atoms with Crippen molar-refractivity contribution in [3.05, 3.63) is 64.1 Å². The minimum Gasteiger partial charge on any atom is -0.319 e. The van der Waals surface area contributed by atoms with Gasteiger partial charge in [0.15, 0.2) is 0 Å². The summed E-state index contributed by atoms with van der Waals surface area (Å²) in [5.41, 5.74) is 0.164. The molecule has 0 spiro atoms. The predicted octanol–water partition coefficient (Wildman–Crippen LogP) is 3.98. The molecular formula is C13H8BrF2NO. The highest BCUT2D eigenvalue weighted by molar-refractivity contribution is 9.10. The molecule has 2 rings (SSSR count). The minimum atomic E-state index is -0.577. The largest absolute Gasteiger partial charge is 0.319 e. The topological polar surface area (TPSA) is 29.1 Å². The molecule has 5 heteroatoms. The van der Waals surface area contributed by atoms with Gasteiger partial charge in [-0.2, -0.15) is 0 Å². The van der Waals surface area contributed by atoms with Crippen LogP contribution >= 0.6 is 15.9 Å². The summed E-state index contributed by atoms with van der Waals surface area (Å²) in [6.07, 6.45) is 0. The summed E-state index contributed by atoms with van der Waals surface area (Å²) in [7, 11) is 0. The van der Waals surface area contributed by atoms with E-state index in [4.69, 9.17) is 0 Å². The Balaban J connectivity index is 2.28. The van der Waals surface area contributed by atoms with E-state index >= 15 is 0 Å². The van der Waals surface area contributed by atoms with Gasteiger partial charge in [0.25, 0.3) is 5.91 Å². The number of carbonyl (C=O) groups excluding carboxylic acids is 1. The van der Waals surface area contributed by atoms with Gasteiger partial charge in [-0.1, -0.05) is 18.2 Å². The van der Waals surface area contributed by atoms with Crippen molar-refractivity contribution in [2.75, 3.05) is 5.32 Å². The summed E-state index contributed by atoms with van der Waals surface area (Å²) >= 11 is 2.98. The number of anilines is 1. The quantitative estimate of drug-likeness (QED) is 0.893. The van der Waals surface area contributed by atoms with Crippen LogP contribution in [0.4, 0.5) is 14.5 Å². The third kappa shape index (κ3) is 2.56. The van der Waals surface area contributed by atoms with E-state index in [9.17, 15) is 13.6 Å². The van der Waals surface area contributed by atoms with Crippen molar-refractivity contribution in [1.82, 2.24) is 0 Å². The van der Waals surface area contributed by atoms with Crippen LogP contribution in [0.3, 0.4) is 0 Å². The first-order valence-corrected chi connectivity index (χ1v) is 5.89. The number of halogens is 3. The highest BCUT2D eigenvalue weighted by Gasteiger charge is 2.14. The van der Waals surface area contributed by atoms with E-state index in [0.29, 0.717) is 0 Å². The molecule has 2 nitrogen and oxygen atoms in total. The molecule has 1 amide bonds. The molecule has 1 N–H and O–H groups in total. The van der Waals surface area contributed by atoms with E-state index in [1.807, 2.05) is 0 Å². The fraction of sp³-hybridized carbons (Fsp3) is 0. The van der Waals surface area contributed by atoms with E-state index in [1.165, 1.54) is 36.4 Å². The maximum atomic E-state index is 13.3. The second kappa shape index (κ2) is 5.27. The molecule has 0 heterocycles. The molecule has 0 saturated carbocycles. The van der Waals surface area contributed by atoms with Gasteiger partial charge in [-0.3, -0.25) is 4.79 Å². The zero-order valence-electron chi connectivity index (χ0n) is 9.08. The van der Waals surface area contributed by atoms with Crippen LogP contribution in [0.5, 0.6) is 0 Å². The predicted molar refractivity (Wildman–Crippen MR) is 68.5 cm³/mol. The van der Waals surface area contributed by atoms with E-state index in [2.05, 4.69) is 21.2 Å². The number of benzene rings is 2. The lowest BCUT2D eigenvalue weighted by Gasteiger charge is -2.07. The highest BCUT2D eigenvalue weighted by atomic mass is 79.9. The average molecular weight is 312 g/mol. The first-order valence-electron chi connectivity index (χ1n) is 5.09. The number of carbonyl (C=O) groups is 1. The van der Waals surface area contributed by atoms with Gasteiger partial charge in [0.1, 0.15) is 11.6 Å². The minimum absolute atomic E-state index is 0.0543. The Hall–Kier alpha value is -1.75. The first-order chi connectivity index (χ1) is 8.59. The van der Waals surface area contributed by atoms with Gasteiger partial charge in [-0.15, -0.1) is 0 Å². The van der Waals surface area contributed by atoms with Gasteiger partial charge in [-0.05, 0) is 40.2 Å². The number of amides is 1. The number of hydrogen-bond donors (Lipinski definition) is 1. The van der Waals surface area contributed by atoms with Gasteiger partial charge >= 0.3 is 0 Å². The fourth-order valence-electron chi connectivity index (χ4n) is 1.43. The van der Waals surface area contributed by atoms with Crippen LogP contribution < -0.4 is 5.32 Å². The van der Waals surface area contributed by atoms with Crippen LogP contribution in [-0.2, 0) is 0 Å². The molecule has 0 aliphatic carbocycles. The Morgan fingerprint density at radius 3 is 2.39 bits per heavy atom. The lowest BCUT2D eigenvalue weighted by atomic mass is 10.2. The van der Waals surface area contributed by atoms with Crippen molar-refractivity contribution in [2.24, 2.45) is 0 Å². The van der Waals surface area contributed by atoms with Gasteiger partial charge in [0, 0.05) is 0 Å². The molecule has 0 aromatic heterocycles. The zero-order chi connectivity index (χ0) is 13.1. The van der Waals surface area contributed by atoms with E-state index < -0.39 is 17.5 Å². The third-order valence-electron chi connectivity index (χ3n) is 2.32. The maximum absolute atomic E-state index is 13.3. The number of rotatable bonds is 2. The summed E-state index contributed by atoms with van der Waals surface area (Å²) in [6.45, 7) is 0. The van der Waals surface area contributed by atoms with Crippen LogP contribution in [0.1, 0.15) is 10.4 Å². The molecule has 0 radical (unpaired) electrons. The Morgan fingerprint density at radius 2 is 1.67 bits per heavy atom.